The van der Waals surface area contributed by atoms with Crippen molar-refractivity contribution < 1.29 is 9.32 Å². The van der Waals surface area contributed by atoms with E-state index in [0.29, 0.717) is 13.0 Å². The summed E-state index contributed by atoms with van der Waals surface area (Å²) in [5.41, 5.74) is 2.86. The number of hydrogen-bond acceptors (Lipinski definition) is 4. The van der Waals surface area contributed by atoms with E-state index in [9.17, 15) is 4.79 Å². The van der Waals surface area contributed by atoms with Crippen LogP contribution in [0.2, 0.25) is 0 Å². The Morgan fingerprint density at radius 2 is 2.00 bits per heavy atom. The van der Waals surface area contributed by atoms with Gasteiger partial charge in [0.15, 0.2) is 0 Å². The number of aryl methyl sites for hydroxylation is 2. The van der Waals surface area contributed by atoms with Gasteiger partial charge in [-0.1, -0.05) is 5.16 Å². The number of pyridine rings is 1. The van der Waals surface area contributed by atoms with Crippen LogP contribution >= 0.6 is 0 Å². The Morgan fingerprint density at radius 3 is 2.60 bits per heavy atom. The van der Waals surface area contributed by atoms with Gasteiger partial charge in [0.2, 0.25) is 5.91 Å². The Bertz CT molecular complexity index is 559. The molecule has 5 nitrogen and oxygen atoms in total. The Morgan fingerprint density at radius 1 is 1.30 bits per heavy atom. The van der Waals surface area contributed by atoms with Crippen LogP contribution in [0.4, 0.5) is 0 Å². The quantitative estimate of drug-likeness (QED) is 0.835. The van der Waals surface area contributed by atoms with E-state index in [0.717, 1.165) is 23.4 Å². The molecule has 0 atom stereocenters. The summed E-state index contributed by atoms with van der Waals surface area (Å²) in [6.07, 6.45) is 4.70. The van der Waals surface area contributed by atoms with Crippen LogP contribution in [0.3, 0.4) is 0 Å². The summed E-state index contributed by atoms with van der Waals surface area (Å²) >= 11 is 0. The minimum atomic E-state index is 0.0773. The second-order valence-electron chi connectivity index (χ2n) is 4.90. The van der Waals surface area contributed by atoms with E-state index in [4.69, 9.17) is 4.52 Å². The molecule has 0 bridgehead atoms. The molecule has 0 aromatic carbocycles. The fraction of sp³-hybridized carbons (Fsp3) is 0.400. The van der Waals surface area contributed by atoms with Crippen molar-refractivity contribution in [1.29, 1.82) is 0 Å². The summed E-state index contributed by atoms with van der Waals surface area (Å²) in [6, 6.07) is 3.93. The van der Waals surface area contributed by atoms with Gasteiger partial charge in [-0.3, -0.25) is 9.78 Å². The van der Waals surface area contributed by atoms with Crippen LogP contribution in [0.1, 0.15) is 22.6 Å². The lowest BCUT2D eigenvalue weighted by atomic mass is 10.1. The molecule has 5 heteroatoms. The van der Waals surface area contributed by atoms with E-state index in [1.807, 2.05) is 33.0 Å². The summed E-state index contributed by atoms with van der Waals surface area (Å²) < 4.78 is 5.08. The van der Waals surface area contributed by atoms with Crippen molar-refractivity contribution in [1.82, 2.24) is 15.0 Å². The third-order valence-electron chi connectivity index (χ3n) is 3.42. The zero-order valence-corrected chi connectivity index (χ0v) is 12.1. The van der Waals surface area contributed by atoms with Crippen molar-refractivity contribution in [2.24, 2.45) is 0 Å². The van der Waals surface area contributed by atoms with Gasteiger partial charge in [0.05, 0.1) is 12.1 Å². The van der Waals surface area contributed by atoms with Gasteiger partial charge in [-0.2, -0.15) is 0 Å². The highest BCUT2D eigenvalue weighted by Crippen LogP contribution is 2.13. The zero-order chi connectivity index (χ0) is 14.5. The van der Waals surface area contributed by atoms with Gasteiger partial charge in [0.1, 0.15) is 5.76 Å². The highest BCUT2D eigenvalue weighted by Gasteiger charge is 2.16. The van der Waals surface area contributed by atoms with E-state index in [2.05, 4.69) is 10.1 Å². The molecule has 1 amide bonds. The van der Waals surface area contributed by atoms with Gasteiger partial charge in [-0.05, 0) is 38.0 Å². The SMILES string of the molecule is Cc1noc(C)c1CC(=O)N(C)CCc1ccncc1. The molecule has 2 heterocycles. The van der Waals surface area contributed by atoms with Crippen molar-refractivity contribution >= 4 is 5.91 Å². The van der Waals surface area contributed by atoms with Gasteiger partial charge in [0, 0.05) is 31.5 Å². The van der Waals surface area contributed by atoms with Crippen LogP contribution in [0.25, 0.3) is 0 Å². The molecule has 2 rings (SSSR count). The van der Waals surface area contributed by atoms with E-state index >= 15 is 0 Å². The van der Waals surface area contributed by atoms with Crippen molar-refractivity contribution in [3.8, 4) is 0 Å². The Kier molecular flexibility index (Phi) is 4.50. The topological polar surface area (TPSA) is 59.2 Å². The average molecular weight is 273 g/mol. The molecule has 2 aromatic heterocycles. The Hall–Kier alpha value is -2.17. The standard InChI is InChI=1S/C15H19N3O2/c1-11-14(12(2)20-17-11)10-15(19)18(3)9-6-13-4-7-16-8-5-13/h4-5,7-8H,6,9-10H2,1-3H3. The number of carbonyl (C=O) groups excluding carboxylic acids is 1. The molecule has 0 radical (unpaired) electrons. The number of rotatable bonds is 5. The number of carbonyl (C=O) groups is 1. The third kappa shape index (κ3) is 3.44. The molecule has 0 aliphatic heterocycles. The largest absolute Gasteiger partial charge is 0.361 e. The van der Waals surface area contributed by atoms with Crippen LogP contribution < -0.4 is 0 Å². The van der Waals surface area contributed by atoms with E-state index in [-0.39, 0.29) is 5.91 Å². The highest BCUT2D eigenvalue weighted by atomic mass is 16.5. The first kappa shape index (κ1) is 14.2. The summed E-state index contributed by atoms with van der Waals surface area (Å²) in [5.74, 6) is 0.798. The molecule has 106 valence electrons. The predicted molar refractivity (Wildman–Crippen MR) is 75.3 cm³/mol. The molecular formula is C15H19N3O2. The number of amides is 1. The third-order valence-corrected chi connectivity index (χ3v) is 3.42. The molecule has 0 unspecified atom stereocenters. The van der Waals surface area contributed by atoms with Crippen LogP contribution in [0, 0.1) is 13.8 Å². The first-order valence-corrected chi connectivity index (χ1v) is 6.62. The van der Waals surface area contributed by atoms with Gasteiger partial charge in [0.25, 0.3) is 0 Å². The summed E-state index contributed by atoms with van der Waals surface area (Å²) in [7, 11) is 1.82. The number of likely N-dealkylation sites (N-methyl/N-ethyl adjacent to an activating group) is 1. The maximum Gasteiger partial charge on any atom is 0.226 e. The zero-order valence-electron chi connectivity index (χ0n) is 12.1. The second kappa shape index (κ2) is 6.32. The Labute approximate surface area is 118 Å². The minimum absolute atomic E-state index is 0.0773. The second-order valence-corrected chi connectivity index (χ2v) is 4.90. The van der Waals surface area contributed by atoms with Crippen molar-refractivity contribution in [2.75, 3.05) is 13.6 Å². The number of hydrogen-bond donors (Lipinski definition) is 0. The van der Waals surface area contributed by atoms with E-state index in [1.54, 1.807) is 17.3 Å². The fourth-order valence-electron chi connectivity index (χ4n) is 2.01. The molecule has 0 fully saturated rings. The van der Waals surface area contributed by atoms with E-state index in [1.165, 1.54) is 5.56 Å². The molecule has 0 spiro atoms. The van der Waals surface area contributed by atoms with Crippen molar-refractivity contribution in [3.05, 3.63) is 47.1 Å². The molecule has 0 saturated heterocycles. The first-order chi connectivity index (χ1) is 9.58. The van der Waals surface area contributed by atoms with Gasteiger partial charge in [-0.15, -0.1) is 0 Å². The van der Waals surface area contributed by atoms with Crippen molar-refractivity contribution in [2.45, 2.75) is 26.7 Å². The van der Waals surface area contributed by atoms with Crippen LogP contribution in [-0.2, 0) is 17.6 Å². The number of nitrogens with zero attached hydrogens (tertiary/aromatic N) is 3. The average Bonchev–Trinajstić information content (AvgIpc) is 2.77. The highest BCUT2D eigenvalue weighted by molar-refractivity contribution is 5.78. The van der Waals surface area contributed by atoms with Crippen LogP contribution in [0.15, 0.2) is 29.0 Å². The van der Waals surface area contributed by atoms with Crippen LogP contribution in [0.5, 0.6) is 0 Å². The molecular weight excluding hydrogens is 254 g/mol. The van der Waals surface area contributed by atoms with Gasteiger partial charge >= 0.3 is 0 Å². The van der Waals surface area contributed by atoms with Crippen LogP contribution in [-0.4, -0.2) is 34.5 Å². The lowest BCUT2D eigenvalue weighted by Crippen LogP contribution is -2.30. The van der Waals surface area contributed by atoms with Gasteiger partial charge in [-0.25, -0.2) is 0 Å². The molecule has 20 heavy (non-hydrogen) atoms. The lowest BCUT2D eigenvalue weighted by Gasteiger charge is -2.17. The molecule has 0 saturated carbocycles. The first-order valence-electron chi connectivity index (χ1n) is 6.62. The minimum Gasteiger partial charge on any atom is -0.361 e. The lowest BCUT2D eigenvalue weighted by molar-refractivity contribution is -0.129. The normalized spacial score (nSPS) is 10.6. The van der Waals surface area contributed by atoms with E-state index < -0.39 is 0 Å². The number of aromatic nitrogens is 2. The fourth-order valence-corrected chi connectivity index (χ4v) is 2.01. The summed E-state index contributed by atoms with van der Waals surface area (Å²) in [6.45, 7) is 4.38. The van der Waals surface area contributed by atoms with Crippen molar-refractivity contribution in [3.63, 3.8) is 0 Å². The maximum atomic E-state index is 12.2. The predicted octanol–water partition coefficient (Wildman–Crippen LogP) is 1.93. The molecule has 2 aromatic rings. The van der Waals surface area contributed by atoms with Gasteiger partial charge < -0.3 is 9.42 Å². The smallest absolute Gasteiger partial charge is 0.226 e. The summed E-state index contributed by atoms with van der Waals surface area (Å²) in [4.78, 5) is 17.9. The molecule has 0 N–H and O–H groups in total. The Balaban J connectivity index is 1.89. The monoisotopic (exact) mass is 273 g/mol. The molecule has 0 aliphatic rings. The molecule has 0 aliphatic carbocycles. The maximum absolute atomic E-state index is 12.2. The summed E-state index contributed by atoms with van der Waals surface area (Å²) in [5, 5.41) is 3.87.